The summed E-state index contributed by atoms with van der Waals surface area (Å²) in [6.45, 7) is 1.32. The summed E-state index contributed by atoms with van der Waals surface area (Å²) in [5.41, 5.74) is 0.126. The number of aromatic nitrogens is 3. The molecule has 1 aromatic carbocycles. The van der Waals surface area contributed by atoms with Gasteiger partial charge in [-0.25, -0.2) is 22.7 Å². The van der Waals surface area contributed by atoms with Crippen LogP contribution in [0.25, 0.3) is 5.65 Å². The second-order valence-electron chi connectivity index (χ2n) is 5.48. The SMILES string of the molecule is C[C@H](NC(=O)Cn1nc2ccc(F)cn2c1=O)c1ccc(Cl)c(F)c1. The van der Waals surface area contributed by atoms with Crippen LogP contribution in [0.4, 0.5) is 8.78 Å². The van der Waals surface area contributed by atoms with E-state index in [1.165, 1.54) is 24.3 Å². The summed E-state index contributed by atoms with van der Waals surface area (Å²) in [5.74, 6) is -1.66. The molecule has 130 valence electrons. The summed E-state index contributed by atoms with van der Waals surface area (Å²) in [5, 5.41) is 6.60. The van der Waals surface area contributed by atoms with E-state index < -0.39 is 29.3 Å². The molecule has 1 atom stereocenters. The largest absolute Gasteiger partial charge is 0.350 e. The van der Waals surface area contributed by atoms with Crippen molar-refractivity contribution in [1.29, 1.82) is 0 Å². The van der Waals surface area contributed by atoms with Crippen LogP contribution in [0.5, 0.6) is 0 Å². The highest BCUT2D eigenvalue weighted by molar-refractivity contribution is 6.30. The summed E-state index contributed by atoms with van der Waals surface area (Å²) in [4.78, 5) is 24.2. The monoisotopic (exact) mass is 366 g/mol. The molecule has 0 saturated carbocycles. The van der Waals surface area contributed by atoms with Crippen molar-refractivity contribution in [2.45, 2.75) is 19.5 Å². The number of hydrogen-bond acceptors (Lipinski definition) is 3. The quantitative estimate of drug-likeness (QED) is 0.770. The van der Waals surface area contributed by atoms with Gasteiger partial charge in [0.1, 0.15) is 18.2 Å². The third kappa shape index (κ3) is 3.53. The van der Waals surface area contributed by atoms with E-state index in [9.17, 15) is 18.4 Å². The predicted octanol–water partition coefficient (Wildman–Crippen LogP) is 2.31. The number of carbonyl (C=O) groups is 1. The molecule has 2 aromatic heterocycles. The van der Waals surface area contributed by atoms with Crippen LogP contribution in [-0.2, 0) is 11.3 Å². The van der Waals surface area contributed by atoms with E-state index >= 15 is 0 Å². The lowest BCUT2D eigenvalue weighted by atomic mass is 10.1. The molecule has 3 aromatic rings. The molecule has 2 heterocycles. The fourth-order valence-corrected chi connectivity index (χ4v) is 2.50. The van der Waals surface area contributed by atoms with Crippen LogP contribution in [0.15, 0.2) is 41.3 Å². The van der Waals surface area contributed by atoms with E-state index in [1.807, 2.05) is 0 Å². The number of amides is 1. The maximum Gasteiger partial charge on any atom is 0.350 e. The Balaban J connectivity index is 1.75. The molecule has 9 heteroatoms. The van der Waals surface area contributed by atoms with E-state index in [0.717, 1.165) is 15.3 Å². The van der Waals surface area contributed by atoms with Crippen molar-refractivity contribution in [3.8, 4) is 0 Å². The Kier molecular flexibility index (Phi) is 4.54. The molecule has 1 N–H and O–H groups in total. The molecular formula is C16H13ClF2N4O2. The Labute approximate surface area is 145 Å². The number of hydrogen-bond donors (Lipinski definition) is 1. The van der Waals surface area contributed by atoms with Gasteiger partial charge in [0.2, 0.25) is 5.91 Å². The molecule has 0 saturated heterocycles. The molecule has 0 bridgehead atoms. The highest BCUT2D eigenvalue weighted by Crippen LogP contribution is 2.20. The average molecular weight is 367 g/mol. The van der Waals surface area contributed by atoms with Crippen LogP contribution in [-0.4, -0.2) is 20.1 Å². The zero-order valence-electron chi connectivity index (χ0n) is 13.0. The van der Waals surface area contributed by atoms with Gasteiger partial charge in [0.25, 0.3) is 0 Å². The first-order valence-corrected chi connectivity index (χ1v) is 7.72. The standard InChI is InChI=1S/C16H13ClF2N4O2/c1-9(10-2-4-12(17)13(19)6-10)20-15(24)8-23-16(25)22-7-11(18)3-5-14(22)21-23/h2-7,9H,8H2,1H3,(H,20,24)/t9-/m0/s1. The second kappa shape index (κ2) is 6.64. The van der Waals surface area contributed by atoms with Crippen LogP contribution in [0, 0.1) is 11.6 Å². The van der Waals surface area contributed by atoms with Crippen molar-refractivity contribution >= 4 is 23.2 Å². The summed E-state index contributed by atoms with van der Waals surface area (Å²) in [6.07, 6.45) is 0.998. The molecule has 0 aliphatic rings. The van der Waals surface area contributed by atoms with Crippen molar-refractivity contribution < 1.29 is 13.6 Å². The Bertz CT molecular complexity index is 1020. The third-order valence-corrected chi connectivity index (χ3v) is 3.96. The molecule has 25 heavy (non-hydrogen) atoms. The van der Waals surface area contributed by atoms with Crippen molar-refractivity contribution in [3.63, 3.8) is 0 Å². The lowest BCUT2D eigenvalue weighted by molar-refractivity contribution is -0.122. The fraction of sp³-hybridized carbons (Fsp3) is 0.188. The molecule has 0 fully saturated rings. The van der Waals surface area contributed by atoms with Gasteiger partial charge < -0.3 is 5.32 Å². The lowest BCUT2D eigenvalue weighted by Crippen LogP contribution is -2.34. The minimum Gasteiger partial charge on any atom is -0.348 e. The van der Waals surface area contributed by atoms with Gasteiger partial charge in [0.05, 0.1) is 17.3 Å². The van der Waals surface area contributed by atoms with Crippen LogP contribution in [0.2, 0.25) is 5.02 Å². The van der Waals surface area contributed by atoms with E-state index in [-0.39, 0.29) is 17.2 Å². The summed E-state index contributed by atoms with van der Waals surface area (Å²) in [7, 11) is 0. The molecule has 0 spiro atoms. The lowest BCUT2D eigenvalue weighted by Gasteiger charge is -2.14. The van der Waals surface area contributed by atoms with E-state index in [0.29, 0.717) is 5.56 Å². The number of halogens is 3. The topological polar surface area (TPSA) is 68.4 Å². The Morgan fingerprint density at radius 3 is 2.80 bits per heavy atom. The zero-order valence-corrected chi connectivity index (χ0v) is 13.8. The van der Waals surface area contributed by atoms with Crippen LogP contribution >= 0.6 is 11.6 Å². The molecule has 0 aliphatic heterocycles. The van der Waals surface area contributed by atoms with Gasteiger partial charge in [-0.15, -0.1) is 5.10 Å². The number of nitrogens with zero attached hydrogens (tertiary/aromatic N) is 3. The Morgan fingerprint density at radius 1 is 1.32 bits per heavy atom. The van der Waals surface area contributed by atoms with Gasteiger partial charge >= 0.3 is 5.69 Å². The first kappa shape index (κ1) is 17.1. The highest BCUT2D eigenvalue weighted by atomic mass is 35.5. The van der Waals surface area contributed by atoms with Gasteiger partial charge in [-0.05, 0) is 36.8 Å². The van der Waals surface area contributed by atoms with E-state index in [4.69, 9.17) is 11.6 Å². The van der Waals surface area contributed by atoms with Crippen LogP contribution < -0.4 is 11.0 Å². The number of nitrogens with one attached hydrogen (secondary N) is 1. The van der Waals surface area contributed by atoms with E-state index in [2.05, 4.69) is 10.4 Å². The van der Waals surface area contributed by atoms with E-state index in [1.54, 1.807) is 13.0 Å². The minimum absolute atomic E-state index is 0.00855. The number of rotatable bonds is 4. The van der Waals surface area contributed by atoms with Crippen molar-refractivity contribution in [1.82, 2.24) is 19.5 Å². The average Bonchev–Trinajstić information content (AvgIpc) is 2.86. The number of pyridine rings is 1. The number of fused-ring (bicyclic) bond motifs is 1. The summed E-state index contributed by atoms with van der Waals surface area (Å²) in [6, 6.07) is 6.23. The second-order valence-corrected chi connectivity index (χ2v) is 5.89. The number of benzene rings is 1. The van der Waals surface area contributed by atoms with Gasteiger partial charge in [0, 0.05) is 0 Å². The van der Waals surface area contributed by atoms with Crippen molar-refractivity contribution in [2.75, 3.05) is 0 Å². The predicted molar refractivity (Wildman–Crippen MR) is 87.4 cm³/mol. The first-order valence-electron chi connectivity index (χ1n) is 7.34. The van der Waals surface area contributed by atoms with Crippen molar-refractivity contribution in [3.05, 3.63) is 69.2 Å². The minimum atomic E-state index is -0.630. The Morgan fingerprint density at radius 2 is 2.08 bits per heavy atom. The summed E-state index contributed by atoms with van der Waals surface area (Å²) < 4.78 is 28.6. The molecular weight excluding hydrogens is 354 g/mol. The third-order valence-electron chi connectivity index (χ3n) is 3.66. The highest BCUT2D eigenvalue weighted by Gasteiger charge is 2.15. The summed E-state index contributed by atoms with van der Waals surface area (Å²) >= 11 is 5.63. The number of carbonyl (C=O) groups excluding carboxylic acids is 1. The molecule has 6 nitrogen and oxygen atoms in total. The molecule has 0 aliphatic carbocycles. The smallest absolute Gasteiger partial charge is 0.348 e. The van der Waals surface area contributed by atoms with Crippen LogP contribution in [0.3, 0.4) is 0 Å². The van der Waals surface area contributed by atoms with Gasteiger partial charge in [-0.1, -0.05) is 17.7 Å². The molecule has 0 unspecified atom stereocenters. The first-order chi connectivity index (χ1) is 11.8. The maximum atomic E-state index is 13.5. The maximum absolute atomic E-state index is 13.5. The fourth-order valence-electron chi connectivity index (χ4n) is 2.38. The molecule has 1 amide bonds. The van der Waals surface area contributed by atoms with Gasteiger partial charge in [-0.3, -0.25) is 4.79 Å². The molecule has 3 rings (SSSR count). The van der Waals surface area contributed by atoms with Gasteiger partial charge in [-0.2, -0.15) is 0 Å². The van der Waals surface area contributed by atoms with Crippen molar-refractivity contribution in [2.24, 2.45) is 0 Å². The van der Waals surface area contributed by atoms with Gasteiger partial charge in [0.15, 0.2) is 5.65 Å². The zero-order chi connectivity index (χ0) is 18.1. The van der Waals surface area contributed by atoms with Crippen LogP contribution in [0.1, 0.15) is 18.5 Å². The molecule has 0 radical (unpaired) electrons. The Hall–Kier alpha value is -2.74. The normalized spacial score (nSPS) is 12.3.